The van der Waals surface area contributed by atoms with Gasteiger partial charge >= 0.3 is 7.60 Å². The van der Waals surface area contributed by atoms with Crippen molar-refractivity contribution >= 4 is 30.8 Å². The van der Waals surface area contributed by atoms with Gasteiger partial charge in [0, 0.05) is 0 Å². The predicted molar refractivity (Wildman–Crippen MR) is 106 cm³/mol. The summed E-state index contributed by atoms with van der Waals surface area (Å²) in [5.41, 5.74) is 1.49. The molecule has 1 aliphatic carbocycles. The molecule has 0 spiro atoms. The van der Waals surface area contributed by atoms with Crippen LogP contribution in [0.25, 0.3) is 0 Å². The lowest BCUT2D eigenvalue weighted by atomic mass is 9.99. The summed E-state index contributed by atoms with van der Waals surface area (Å²) in [6.07, 6.45) is 8.12. The first-order chi connectivity index (χ1) is 12.0. The lowest BCUT2D eigenvalue weighted by Gasteiger charge is -2.09. The molecule has 1 aliphatic rings. The van der Waals surface area contributed by atoms with Crippen LogP contribution in [-0.2, 0) is 10.7 Å². The summed E-state index contributed by atoms with van der Waals surface area (Å²) in [5.74, 6) is 1.17. The Morgan fingerprint density at radius 1 is 1.19 bits per heavy atom. The van der Waals surface area contributed by atoms with Gasteiger partial charge in [0.15, 0.2) is 5.75 Å². The molecule has 0 radical (unpaired) electrons. The minimum atomic E-state index is -4.11. The summed E-state index contributed by atoms with van der Waals surface area (Å²) in [7, 11) is -2.70. The Balaban J connectivity index is 0.000000273. The van der Waals surface area contributed by atoms with E-state index in [4.69, 9.17) is 37.7 Å². The molecule has 0 unspecified atom stereocenters. The summed E-state index contributed by atoms with van der Waals surface area (Å²) in [4.78, 5) is 17.5. The molecule has 2 rings (SSSR count). The fraction of sp³-hybridized carbons (Fsp3) is 0.333. The molecule has 26 heavy (non-hydrogen) atoms. The first-order valence-corrected chi connectivity index (χ1v) is 10.4. The van der Waals surface area contributed by atoms with Crippen molar-refractivity contribution in [2.75, 3.05) is 7.11 Å². The van der Waals surface area contributed by atoms with Crippen LogP contribution in [-0.4, -0.2) is 22.0 Å². The first-order valence-electron chi connectivity index (χ1n) is 7.86. The number of allylic oxidation sites excluding steroid dienone is 5. The van der Waals surface area contributed by atoms with Crippen LogP contribution >= 0.6 is 30.8 Å². The van der Waals surface area contributed by atoms with Crippen molar-refractivity contribution in [2.24, 2.45) is 5.92 Å². The van der Waals surface area contributed by atoms with Crippen LogP contribution in [0.5, 0.6) is 5.75 Å². The van der Waals surface area contributed by atoms with Crippen molar-refractivity contribution < 1.29 is 24.2 Å². The van der Waals surface area contributed by atoms with Crippen molar-refractivity contribution in [3.05, 3.63) is 63.4 Å². The number of benzene rings is 1. The molecule has 0 aliphatic heterocycles. The van der Waals surface area contributed by atoms with Gasteiger partial charge in [0.1, 0.15) is 5.76 Å². The van der Waals surface area contributed by atoms with Gasteiger partial charge in [0.05, 0.1) is 23.3 Å². The van der Waals surface area contributed by atoms with Gasteiger partial charge in [-0.05, 0) is 41.7 Å². The third kappa shape index (κ3) is 7.56. The van der Waals surface area contributed by atoms with Crippen LogP contribution < -0.4 is 4.74 Å². The molecule has 0 fully saturated rings. The SMILES string of the molecule is CC(C)C1=C(O)C=CC=CC1.COc1c(Cl)cc(CP(=O)(O)O)cc1Cl. The van der Waals surface area contributed by atoms with Gasteiger partial charge in [-0.15, -0.1) is 0 Å². The van der Waals surface area contributed by atoms with E-state index >= 15 is 0 Å². The van der Waals surface area contributed by atoms with Gasteiger partial charge in [-0.1, -0.05) is 55.3 Å². The maximum absolute atomic E-state index is 10.8. The van der Waals surface area contributed by atoms with E-state index in [9.17, 15) is 9.67 Å². The highest BCUT2D eigenvalue weighted by Gasteiger charge is 2.17. The molecule has 0 amide bonds. The monoisotopic (exact) mass is 420 g/mol. The molecule has 0 aromatic heterocycles. The Labute approximate surface area is 163 Å². The molecule has 1 aromatic rings. The third-order valence-electron chi connectivity index (χ3n) is 3.52. The first kappa shape index (κ1) is 22.8. The topological polar surface area (TPSA) is 87.0 Å². The lowest BCUT2D eigenvalue weighted by molar-refractivity contribution is 0.371. The van der Waals surface area contributed by atoms with Crippen molar-refractivity contribution in [3.8, 4) is 5.75 Å². The van der Waals surface area contributed by atoms with E-state index < -0.39 is 13.8 Å². The van der Waals surface area contributed by atoms with Gasteiger partial charge < -0.3 is 19.6 Å². The van der Waals surface area contributed by atoms with Crippen molar-refractivity contribution in [1.82, 2.24) is 0 Å². The van der Waals surface area contributed by atoms with E-state index in [-0.39, 0.29) is 10.0 Å². The molecule has 0 heterocycles. The van der Waals surface area contributed by atoms with E-state index in [1.54, 1.807) is 6.08 Å². The number of hydrogen-bond donors (Lipinski definition) is 3. The zero-order chi connectivity index (χ0) is 19.9. The fourth-order valence-electron chi connectivity index (χ4n) is 2.30. The molecule has 8 heteroatoms. The Hall–Kier alpha value is -1.23. The fourth-order valence-corrected chi connectivity index (χ4v) is 3.64. The zero-order valence-electron chi connectivity index (χ0n) is 14.8. The van der Waals surface area contributed by atoms with E-state index in [0.29, 0.717) is 23.0 Å². The molecule has 1 aromatic carbocycles. The van der Waals surface area contributed by atoms with Gasteiger partial charge in [0.2, 0.25) is 0 Å². The lowest BCUT2D eigenvalue weighted by Crippen LogP contribution is -1.96. The summed E-state index contributed by atoms with van der Waals surface area (Å²) < 4.78 is 15.7. The van der Waals surface area contributed by atoms with E-state index in [0.717, 1.165) is 12.0 Å². The summed E-state index contributed by atoms with van der Waals surface area (Å²) in [6.45, 7) is 4.19. The molecule has 0 atom stereocenters. The van der Waals surface area contributed by atoms with Crippen LogP contribution in [0.15, 0.2) is 47.8 Å². The maximum Gasteiger partial charge on any atom is 0.329 e. The largest absolute Gasteiger partial charge is 0.508 e. The average molecular weight is 421 g/mol. The minimum Gasteiger partial charge on any atom is -0.508 e. The molecule has 0 bridgehead atoms. The van der Waals surface area contributed by atoms with Gasteiger partial charge in [-0.3, -0.25) is 4.57 Å². The molecule has 3 N–H and O–H groups in total. The van der Waals surface area contributed by atoms with Crippen LogP contribution in [0.1, 0.15) is 25.8 Å². The Bertz CT molecular complexity index is 740. The smallest absolute Gasteiger partial charge is 0.329 e. The van der Waals surface area contributed by atoms with Crippen LogP contribution in [0, 0.1) is 5.92 Å². The quantitative estimate of drug-likeness (QED) is 0.547. The maximum atomic E-state index is 10.8. The highest BCUT2D eigenvalue weighted by atomic mass is 35.5. The number of ether oxygens (including phenoxy) is 1. The number of hydrogen-bond acceptors (Lipinski definition) is 3. The van der Waals surface area contributed by atoms with Gasteiger partial charge in [0.25, 0.3) is 0 Å². The summed E-state index contributed by atoms with van der Waals surface area (Å²) in [5, 5.41) is 9.93. The van der Waals surface area contributed by atoms with E-state index in [1.165, 1.54) is 19.2 Å². The summed E-state index contributed by atoms with van der Waals surface area (Å²) >= 11 is 11.6. The molecule has 144 valence electrons. The second-order valence-electron chi connectivity index (χ2n) is 5.97. The second-order valence-corrected chi connectivity index (χ2v) is 8.43. The van der Waals surface area contributed by atoms with Crippen molar-refractivity contribution in [2.45, 2.75) is 26.4 Å². The average Bonchev–Trinajstić information content (AvgIpc) is 2.70. The Kier molecular flexibility index (Phi) is 8.94. The van der Waals surface area contributed by atoms with Crippen molar-refractivity contribution in [3.63, 3.8) is 0 Å². The number of aliphatic hydroxyl groups excluding tert-OH is 1. The number of aliphatic hydroxyl groups is 1. The van der Waals surface area contributed by atoms with E-state index in [2.05, 4.69) is 19.9 Å². The Morgan fingerprint density at radius 2 is 1.77 bits per heavy atom. The minimum absolute atomic E-state index is 0.230. The third-order valence-corrected chi connectivity index (χ3v) is 4.85. The number of halogens is 2. The molecular formula is C18H23Cl2O5P. The molecule has 0 saturated carbocycles. The number of methoxy groups -OCH3 is 1. The highest BCUT2D eigenvalue weighted by Crippen LogP contribution is 2.42. The van der Waals surface area contributed by atoms with E-state index in [1.807, 2.05) is 12.2 Å². The molecular weight excluding hydrogens is 398 g/mol. The highest BCUT2D eigenvalue weighted by molar-refractivity contribution is 7.50. The van der Waals surface area contributed by atoms with Gasteiger partial charge in [-0.2, -0.15) is 0 Å². The Morgan fingerprint density at radius 3 is 2.23 bits per heavy atom. The number of rotatable bonds is 4. The standard InChI is InChI=1S/C10H14O.C8H9Cl2O4P/c1-8(2)9-6-4-3-5-7-10(9)11;1-14-8-6(9)2-5(3-7(8)10)4-15(11,12)13/h3-5,7-8,11H,6H2,1-2H3;2-3H,4H2,1H3,(H2,11,12,13). The van der Waals surface area contributed by atoms with Gasteiger partial charge in [-0.25, -0.2) is 0 Å². The molecule has 5 nitrogen and oxygen atoms in total. The predicted octanol–water partition coefficient (Wildman–Crippen LogP) is 5.65. The van der Waals surface area contributed by atoms with Crippen molar-refractivity contribution in [1.29, 1.82) is 0 Å². The zero-order valence-corrected chi connectivity index (χ0v) is 17.2. The van der Waals surface area contributed by atoms with Crippen LogP contribution in [0.2, 0.25) is 10.0 Å². The molecule has 0 saturated heterocycles. The van der Waals surface area contributed by atoms with Crippen LogP contribution in [0.4, 0.5) is 0 Å². The normalized spacial score (nSPS) is 14.2. The summed E-state index contributed by atoms with van der Waals surface area (Å²) in [6, 6.07) is 2.84. The second kappa shape index (κ2) is 10.2. The van der Waals surface area contributed by atoms with Crippen LogP contribution in [0.3, 0.4) is 0 Å².